The fourth-order valence-corrected chi connectivity index (χ4v) is 6.88. The molecule has 1 aliphatic rings. The Morgan fingerprint density at radius 3 is 2.67 bits per heavy atom. The van der Waals surface area contributed by atoms with E-state index in [-0.39, 0.29) is 12.3 Å². The second-order valence-electron chi connectivity index (χ2n) is 7.63. The van der Waals surface area contributed by atoms with Gasteiger partial charge in [-0.15, -0.1) is 11.3 Å². The molecule has 4 rings (SSSR count). The number of piperidine rings is 1. The molecule has 0 unspecified atom stereocenters. The number of thiophene rings is 1. The molecule has 3 heterocycles. The average Bonchev–Trinajstić information content (AvgIpc) is 3.39. The highest BCUT2D eigenvalue weighted by molar-refractivity contribution is 7.91. The maximum Gasteiger partial charge on any atom is 0.252 e. The third-order valence-electron chi connectivity index (χ3n) is 5.46. The number of rotatable bonds is 8. The van der Waals surface area contributed by atoms with Gasteiger partial charge < -0.3 is 9.88 Å². The summed E-state index contributed by atoms with van der Waals surface area (Å²) in [7, 11) is -3.42. The van der Waals surface area contributed by atoms with Gasteiger partial charge >= 0.3 is 0 Å². The van der Waals surface area contributed by atoms with Crippen molar-refractivity contribution in [3.63, 3.8) is 0 Å². The lowest BCUT2D eigenvalue weighted by Crippen LogP contribution is -2.35. The van der Waals surface area contributed by atoms with Crippen molar-refractivity contribution in [1.29, 1.82) is 0 Å². The topological polar surface area (TPSA) is 71.4 Å². The number of nitrogens with one attached hydrogen (secondary N) is 1. The van der Waals surface area contributed by atoms with Crippen LogP contribution in [0.5, 0.6) is 0 Å². The summed E-state index contributed by atoms with van der Waals surface area (Å²) in [4.78, 5) is 13.1. The molecule has 0 atom stereocenters. The van der Waals surface area contributed by atoms with Crippen molar-refractivity contribution in [2.24, 2.45) is 0 Å². The van der Waals surface area contributed by atoms with Crippen LogP contribution in [0.4, 0.5) is 0 Å². The highest BCUT2D eigenvalue weighted by Gasteiger charge is 2.27. The Bertz CT molecular complexity index is 1110. The third-order valence-corrected chi connectivity index (χ3v) is 8.91. The second-order valence-corrected chi connectivity index (χ2v) is 11.0. The van der Waals surface area contributed by atoms with E-state index in [0.29, 0.717) is 23.8 Å². The summed E-state index contributed by atoms with van der Waals surface area (Å²) in [6, 6.07) is 13.7. The van der Waals surface area contributed by atoms with E-state index in [1.807, 2.05) is 12.1 Å². The zero-order valence-corrected chi connectivity index (χ0v) is 18.6. The first-order valence-corrected chi connectivity index (χ1v) is 12.7. The van der Waals surface area contributed by atoms with Crippen molar-refractivity contribution < 1.29 is 13.2 Å². The standard InChI is InChI=1S/C22H27N3O3S2/c26-21(23-12-6-13-24-16-11-18-7-2-3-8-20(18)24)17-19-9-10-22(29-19)30(27,28)25-14-4-1-5-15-25/h2-3,7-11,16H,1,4-6,12-15,17H2,(H,23,26). The van der Waals surface area contributed by atoms with Crippen LogP contribution in [0.25, 0.3) is 10.9 Å². The van der Waals surface area contributed by atoms with Crippen molar-refractivity contribution in [2.45, 2.75) is 42.9 Å². The van der Waals surface area contributed by atoms with Gasteiger partial charge in [-0.1, -0.05) is 24.6 Å². The van der Waals surface area contributed by atoms with Gasteiger partial charge in [0.1, 0.15) is 4.21 Å². The van der Waals surface area contributed by atoms with E-state index < -0.39 is 10.0 Å². The molecule has 160 valence electrons. The largest absolute Gasteiger partial charge is 0.356 e. The van der Waals surface area contributed by atoms with Crippen molar-refractivity contribution in [1.82, 2.24) is 14.2 Å². The van der Waals surface area contributed by atoms with Gasteiger partial charge in [0.15, 0.2) is 0 Å². The molecule has 1 N–H and O–H groups in total. The predicted molar refractivity (Wildman–Crippen MR) is 120 cm³/mol. The Kier molecular flexibility index (Phi) is 6.55. The summed E-state index contributed by atoms with van der Waals surface area (Å²) < 4.78 is 29.6. The van der Waals surface area contributed by atoms with Gasteiger partial charge in [-0.25, -0.2) is 8.42 Å². The summed E-state index contributed by atoms with van der Waals surface area (Å²) in [5.41, 5.74) is 1.20. The zero-order chi connectivity index (χ0) is 21.0. The highest BCUT2D eigenvalue weighted by atomic mass is 32.2. The van der Waals surface area contributed by atoms with E-state index >= 15 is 0 Å². The summed E-state index contributed by atoms with van der Waals surface area (Å²) >= 11 is 1.21. The van der Waals surface area contributed by atoms with Crippen LogP contribution < -0.4 is 5.32 Å². The van der Waals surface area contributed by atoms with E-state index in [0.717, 1.165) is 37.1 Å². The number of hydrogen-bond acceptors (Lipinski definition) is 4. The van der Waals surface area contributed by atoms with E-state index in [9.17, 15) is 13.2 Å². The summed E-state index contributed by atoms with van der Waals surface area (Å²) in [6.45, 7) is 2.61. The lowest BCUT2D eigenvalue weighted by molar-refractivity contribution is -0.120. The number of aryl methyl sites for hydroxylation is 1. The van der Waals surface area contributed by atoms with E-state index in [1.54, 1.807) is 16.4 Å². The van der Waals surface area contributed by atoms with Crippen LogP contribution in [0.2, 0.25) is 0 Å². The van der Waals surface area contributed by atoms with Crippen molar-refractivity contribution in [3.05, 3.63) is 53.5 Å². The van der Waals surface area contributed by atoms with Gasteiger partial charge in [0.05, 0.1) is 6.42 Å². The molecule has 2 aromatic heterocycles. The molecule has 1 fully saturated rings. The molecule has 1 saturated heterocycles. The lowest BCUT2D eigenvalue weighted by Gasteiger charge is -2.25. The molecule has 0 saturated carbocycles. The molecule has 1 aliphatic heterocycles. The van der Waals surface area contributed by atoms with E-state index in [2.05, 4.69) is 34.3 Å². The van der Waals surface area contributed by atoms with Crippen molar-refractivity contribution in [3.8, 4) is 0 Å². The van der Waals surface area contributed by atoms with Gasteiger partial charge in [0.2, 0.25) is 5.91 Å². The molecule has 30 heavy (non-hydrogen) atoms. The predicted octanol–water partition coefficient (Wildman–Crippen LogP) is 3.63. The Labute approximate surface area is 181 Å². The number of hydrogen-bond donors (Lipinski definition) is 1. The molecule has 0 spiro atoms. The van der Waals surface area contributed by atoms with Crippen LogP contribution in [-0.4, -0.2) is 42.8 Å². The van der Waals surface area contributed by atoms with Gasteiger partial charge in [0, 0.05) is 42.8 Å². The Morgan fingerprint density at radius 1 is 1.03 bits per heavy atom. The number of aromatic nitrogens is 1. The molecule has 0 aliphatic carbocycles. The maximum absolute atomic E-state index is 12.7. The van der Waals surface area contributed by atoms with Crippen LogP contribution >= 0.6 is 11.3 Å². The fraction of sp³-hybridized carbons (Fsp3) is 0.409. The monoisotopic (exact) mass is 445 g/mol. The third kappa shape index (κ3) is 4.77. The Morgan fingerprint density at radius 2 is 1.83 bits per heavy atom. The molecular weight excluding hydrogens is 418 g/mol. The van der Waals surface area contributed by atoms with Crippen LogP contribution in [0.3, 0.4) is 0 Å². The number of amides is 1. The molecule has 0 radical (unpaired) electrons. The number of benzene rings is 1. The Hall–Kier alpha value is -2.16. The maximum atomic E-state index is 12.7. The summed E-state index contributed by atoms with van der Waals surface area (Å²) in [5, 5.41) is 4.16. The summed E-state index contributed by atoms with van der Waals surface area (Å²) in [5.74, 6) is -0.0730. The minimum atomic E-state index is -3.42. The fourth-order valence-electron chi connectivity index (χ4n) is 3.86. The average molecular weight is 446 g/mol. The molecule has 8 heteroatoms. The molecule has 0 bridgehead atoms. The number of carbonyl (C=O) groups is 1. The van der Waals surface area contributed by atoms with Gasteiger partial charge in [0.25, 0.3) is 10.0 Å². The smallest absolute Gasteiger partial charge is 0.252 e. The zero-order valence-electron chi connectivity index (χ0n) is 16.9. The summed E-state index contributed by atoms with van der Waals surface area (Å²) in [6.07, 6.45) is 6.04. The van der Waals surface area contributed by atoms with Crippen LogP contribution in [0, 0.1) is 0 Å². The Balaban J connectivity index is 1.25. The van der Waals surface area contributed by atoms with Crippen LogP contribution in [0.1, 0.15) is 30.6 Å². The van der Waals surface area contributed by atoms with Crippen molar-refractivity contribution >= 4 is 38.2 Å². The quantitative estimate of drug-likeness (QED) is 0.538. The molecule has 3 aromatic rings. The van der Waals surface area contributed by atoms with E-state index in [4.69, 9.17) is 0 Å². The molecule has 1 aromatic carbocycles. The first-order valence-electron chi connectivity index (χ1n) is 10.4. The SMILES string of the molecule is O=C(Cc1ccc(S(=O)(=O)N2CCCCC2)s1)NCCCn1ccc2ccccc21. The van der Waals surface area contributed by atoms with Gasteiger partial charge in [-0.3, -0.25) is 4.79 Å². The van der Waals surface area contributed by atoms with Gasteiger partial charge in [-0.05, 0) is 48.9 Å². The normalized spacial score (nSPS) is 15.5. The number of sulfonamides is 1. The first kappa shape index (κ1) is 21.1. The minimum absolute atomic E-state index is 0.0730. The lowest BCUT2D eigenvalue weighted by atomic mass is 10.2. The first-order chi connectivity index (χ1) is 14.5. The second kappa shape index (κ2) is 9.32. The van der Waals surface area contributed by atoms with Crippen molar-refractivity contribution in [2.75, 3.05) is 19.6 Å². The number of para-hydroxylation sites is 1. The molecular formula is C22H27N3O3S2. The van der Waals surface area contributed by atoms with E-state index in [1.165, 1.54) is 22.2 Å². The van der Waals surface area contributed by atoms with Gasteiger partial charge in [-0.2, -0.15) is 4.31 Å². The van der Waals surface area contributed by atoms with Crippen LogP contribution in [0.15, 0.2) is 52.9 Å². The number of nitrogens with zero attached hydrogens (tertiary/aromatic N) is 2. The molecule has 1 amide bonds. The number of fused-ring (bicyclic) bond motifs is 1. The van der Waals surface area contributed by atoms with Crippen LogP contribution in [-0.2, 0) is 27.8 Å². The minimum Gasteiger partial charge on any atom is -0.356 e. The highest BCUT2D eigenvalue weighted by Crippen LogP contribution is 2.27. The number of carbonyl (C=O) groups excluding carboxylic acids is 1. The molecule has 6 nitrogen and oxygen atoms in total.